The van der Waals surface area contributed by atoms with E-state index in [0.717, 1.165) is 12.5 Å². The first-order valence-corrected chi connectivity index (χ1v) is 5.27. The van der Waals surface area contributed by atoms with Gasteiger partial charge in [-0.2, -0.15) is 13.2 Å². The maximum absolute atomic E-state index is 12.4. The summed E-state index contributed by atoms with van der Waals surface area (Å²) in [6, 6.07) is 3.74. The van der Waals surface area contributed by atoms with E-state index >= 15 is 0 Å². The van der Waals surface area contributed by atoms with Crippen molar-refractivity contribution >= 4 is 5.82 Å². The standard InChI is InChI=1S/C11H15F3N2O/c1-3-8(7-17-2)15-10-6-4-5-9(16-10)11(12,13)14/h4-6,8H,3,7H2,1-2H3,(H,15,16). The van der Waals surface area contributed by atoms with Crippen LogP contribution in [-0.4, -0.2) is 24.7 Å². The lowest BCUT2D eigenvalue weighted by molar-refractivity contribution is -0.141. The van der Waals surface area contributed by atoms with Crippen LogP contribution in [0, 0.1) is 0 Å². The third-order valence-corrected chi connectivity index (χ3v) is 2.25. The zero-order valence-electron chi connectivity index (χ0n) is 9.71. The quantitative estimate of drug-likeness (QED) is 0.869. The van der Waals surface area contributed by atoms with Crippen molar-refractivity contribution in [2.24, 2.45) is 0 Å². The molecular formula is C11H15F3N2O. The topological polar surface area (TPSA) is 34.1 Å². The van der Waals surface area contributed by atoms with Crippen LogP contribution in [0.25, 0.3) is 0 Å². The highest BCUT2D eigenvalue weighted by Gasteiger charge is 2.32. The fourth-order valence-corrected chi connectivity index (χ4v) is 1.34. The molecule has 0 radical (unpaired) electrons. The zero-order valence-corrected chi connectivity index (χ0v) is 9.71. The van der Waals surface area contributed by atoms with Gasteiger partial charge in [0, 0.05) is 7.11 Å². The molecule has 0 aromatic carbocycles. The highest BCUT2D eigenvalue weighted by molar-refractivity contribution is 5.37. The molecule has 0 aliphatic rings. The van der Waals surface area contributed by atoms with Gasteiger partial charge in [0.25, 0.3) is 0 Å². The zero-order chi connectivity index (χ0) is 12.9. The third-order valence-electron chi connectivity index (χ3n) is 2.25. The van der Waals surface area contributed by atoms with Crippen molar-refractivity contribution in [3.63, 3.8) is 0 Å². The smallest absolute Gasteiger partial charge is 0.383 e. The van der Waals surface area contributed by atoms with Gasteiger partial charge in [-0.15, -0.1) is 0 Å². The monoisotopic (exact) mass is 248 g/mol. The number of methoxy groups -OCH3 is 1. The van der Waals surface area contributed by atoms with Gasteiger partial charge in [0.2, 0.25) is 0 Å². The van der Waals surface area contributed by atoms with E-state index in [-0.39, 0.29) is 11.9 Å². The van der Waals surface area contributed by atoms with E-state index in [4.69, 9.17) is 4.74 Å². The van der Waals surface area contributed by atoms with E-state index < -0.39 is 11.9 Å². The van der Waals surface area contributed by atoms with Crippen LogP contribution >= 0.6 is 0 Å². The normalized spacial score (nSPS) is 13.5. The first-order chi connectivity index (χ1) is 7.97. The summed E-state index contributed by atoms with van der Waals surface area (Å²) in [5.74, 6) is 0.212. The molecule has 0 saturated carbocycles. The largest absolute Gasteiger partial charge is 0.433 e. The molecule has 0 amide bonds. The number of alkyl halides is 3. The minimum absolute atomic E-state index is 0.0454. The van der Waals surface area contributed by atoms with Gasteiger partial charge in [0.1, 0.15) is 11.5 Å². The van der Waals surface area contributed by atoms with Gasteiger partial charge in [-0.05, 0) is 18.6 Å². The first kappa shape index (κ1) is 13.8. The SMILES string of the molecule is CCC(COC)Nc1cccc(C(F)(F)F)n1. The minimum atomic E-state index is -4.42. The fraction of sp³-hybridized carbons (Fsp3) is 0.545. The highest BCUT2D eigenvalue weighted by Crippen LogP contribution is 2.28. The summed E-state index contributed by atoms with van der Waals surface area (Å²) in [5.41, 5.74) is -0.894. The van der Waals surface area contributed by atoms with E-state index in [2.05, 4.69) is 10.3 Å². The Labute approximate surface area is 98.0 Å². The Bertz CT molecular complexity index is 355. The number of hydrogen-bond donors (Lipinski definition) is 1. The molecule has 0 aliphatic heterocycles. The van der Waals surface area contributed by atoms with Crippen molar-refractivity contribution in [2.75, 3.05) is 19.0 Å². The summed E-state index contributed by atoms with van der Waals surface area (Å²) in [4.78, 5) is 3.52. The van der Waals surface area contributed by atoms with Crippen molar-refractivity contribution in [2.45, 2.75) is 25.6 Å². The number of ether oxygens (including phenoxy) is 1. The van der Waals surface area contributed by atoms with Crippen LogP contribution in [-0.2, 0) is 10.9 Å². The molecule has 1 heterocycles. The summed E-state index contributed by atoms with van der Waals surface area (Å²) in [7, 11) is 1.55. The maximum Gasteiger partial charge on any atom is 0.433 e. The summed E-state index contributed by atoms with van der Waals surface area (Å²) >= 11 is 0. The van der Waals surface area contributed by atoms with E-state index in [1.807, 2.05) is 6.92 Å². The average molecular weight is 248 g/mol. The Morgan fingerprint density at radius 1 is 1.41 bits per heavy atom. The average Bonchev–Trinajstić information content (AvgIpc) is 2.28. The van der Waals surface area contributed by atoms with Crippen LogP contribution < -0.4 is 5.32 Å². The lowest BCUT2D eigenvalue weighted by atomic mass is 10.2. The Balaban J connectivity index is 2.78. The molecule has 1 rings (SSSR count). The van der Waals surface area contributed by atoms with Crippen LogP contribution in [0.4, 0.5) is 19.0 Å². The molecule has 0 spiro atoms. The Kier molecular flexibility index (Phi) is 4.74. The highest BCUT2D eigenvalue weighted by atomic mass is 19.4. The number of aromatic nitrogens is 1. The molecular weight excluding hydrogens is 233 g/mol. The number of nitrogens with zero attached hydrogens (tertiary/aromatic N) is 1. The summed E-state index contributed by atoms with van der Waals surface area (Å²) in [6.45, 7) is 2.35. The predicted octanol–water partition coefficient (Wildman–Crippen LogP) is 2.94. The summed E-state index contributed by atoms with van der Waals surface area (Å²) in [6.07, 6.45) is -3.67. The fourth-order valence-electron chi connectivity index (χ4n) is 1.34. The third kappa shape index (κ3) is 4.22. The molecule has 1 N–H and O–H groups in total. The van der Waals surface area contributed by atoms with E-state index in [0.29, 0.717) is 6.61 Å². The molecule has 0 fully saturated rings. The summed E-state index contributed by atoms with van der Waals surface area (Å²) in [5, 5.41) is 2.91. The van der Waals surface area contributed by atoms with Crippen LogP contribution in [0.3, 0.4) is 0 Å². The van der Waals surface area contributed by atoms with E-state index in [1.54, 1.807) is 7.11 Å². The van der Waals surface area contributed by atoms with Gasteiger partial charge in [-0.25, -0.2) is 4.98 Å². The second kappa shape index (κ2) is 5.86. The van der Waals surface area contributed by atoms with Gasteiger partial charge in [-0.1, -0.05) is 13.0 Å². The molecule has 96 valence electrons. The number of halogens is 3. The van der Waals surface area contributed by atoms with Crippen LogP contribution in [0.5, 0.6) is 0 Å². The van der Waals surface area contributed by atoms with Gasteiger partial charge in [0.05, 0.1) is 12.6 Å². The molecule has 0 saturated heterocycles. The van der Waals surface area contributed by atoms with Crippen molar-refractivity contribution < 1.29 is 17.9 Å². The molecule has 1 unspecified atom stereocenters. The van der Waals surface area contributed by atoms with Crippen molar-refractivity contribution in [1.82, 2.24) is 4.98 Å². The molecule has 3 nitrogen and oxygen atoms in total. The van der Waals surface area contributed by atoms with Crippen molar-refractivity contribution in [3.05, 3.63) is 23.9 Å². The van der Waals surface area contributed by atoms with Gasteiger partial charge >= 0.3 is 6.18 Å². The summed E-state index contributed by atoms with van der Waals surface area (Å²) < 4.78 is 42.2. The first-order valence-electron chi connectivity index (χ1n) is 5.27. The van der Waals surface area contributed by atoms with Crippen molar-refractivity contribution in [1.29, 1.82) is 0 Å². The molecule has 1 aromatic heterocycles. The van der Waals surface area contributed by atoms with Crippen LogP contribution in [0.2, 0.25) is 0 Å². The molecule has 0 aliphatic carbocycles. The van der Waals surface area contributed by atoms with Gasteiger partial charge in [0.15, 0.2) is 0 Å². The van der Waals surface area contributed by atoms with Crippen LogP contribution in [0.15, 0.2) is 18.2 Å². The molecule has 1 aromatic rings. The lowest BCUT2D eigenvalue weighted by Gasteiger charge is -2.17. The number of nitrogens with one attached hydrogen (secondary N) is 1. The second-order valence-corrected chi connectivity index (χ2v) is 3.61. The van der Waals surface area contributed by atoms with E-state index in [1.165, 1.54) is 12.1 Å². The van der Waals surface area contributed by atoms with Crippen LogP contribution in [0.1, 0.15) is 19.0 Å². The Morgan fingerprint density at radius 3 is 2.65 bits per heavy atom. The number of rotatable bonds is 5. The number of hydrogen-bond acceptors (Lipinski definition) is 3. The molecule has 0 bridgehead atoms. The van der Waals surface area contributed by atoms with Crippen molar-refractivity contribution in [3.8, 4) is 0 Å². The maximum atomic E-state index is 12.4. The Morgan fingerprint density at radius 2 is 2.12 bits per heavy atom. The predicted molar refractivity (Wildman–Crippen MR) is 58.8 cm³/mol. The second-order valence-electron chi connectivity index (χ2n) is 3.61. The Hall–Kier alpha value is -1.30. The lowest BCUT2D eigenvalue weighted by Crippen LogP contribution is -2.25. The van der Waals surface area contributed by atoms with E-state index in [9.17, 15) is 13.2 Å². The molecule has 17 heavy (non-hydrogen) atoms. The molecule has 6 heteroatoms. The number of pyridine rings is 1. The van der Waals surface area contributed by atoms with Gasteiger partial charge in [-0.3, -0.25) is 0 Å². The van der Waals surface area contributed by atoms with Gasteiger partial charge < -0.3 is 10.1 Å². The number of anilines is 1. The minimum Gasteiger partial charge on any atom is -0.383 e. The molecule has 1 atom stereocenters.